The lowest BCUT2D eigenvalue weighted by Crippen LogP contribution is -2.64. The second-order valence-electron chi connectivity index (χ2n) is 8.98. The molecule has 1 fully saturated rings. The molecule has 4 N–H and O–H groups in total. The van der Waals surface area contributed by atoms with Gasteiger partial charge in [0.2, 0.25) is 0 Å². The number of rotatable bonds is 5. The van der Waals surface area contributed by atoms with Gasteiger partial charge in [-0.3, -0.25) is 18.7 Å². The standard InChI is InChI=1S/C22H26F3N5O3S/c1-21(2)19(26)30-22(3,17-8-9-28-34(17,21)32)14-10-12(4-6-15(14)23)29-18(31)16-7-5-13(11-27-16)33-20(24)25/h4-7,10-11,17,20,34H,8-9H2,1-3H3,(H2,26,30)(H,28,32)(H,29,31)/t17-,22+/m0/s1. The minimum Gasteiger partial charge on any atom is -0.433 e. The number of thiol groups is 1. The van der Waals surface area contributed by atoms with Crippen LogP contribution in [-0.4, -0.2) is 44.1 Å². The van der Waals surface area contributed by atoms with E-state index in [1.165, 1.54) is 30.3 Å². The predicted molar refractivity (Wildman–Crippen MR) is 124 cm³/mol. The van der Waals surface area contributed by atoms with Crippen LogP contribution in [0.4, 0.5) is 18.9 Å². The van der Waals surface area contributed by atoms with Gasteiger partial charge in [-0.1, -0.05) is 0 Å². The van der Waals surface area contributed by atoms with E-state index in [1.54, 1.807) is 20.8 Å². The number of amidine groups is 1. The van der Waals surface area contributed by atoms with E-state index < -0.39 is 44.0 Å². The molecule has 1 aromatic heterocycles. The number of hydrogen-bond acceptors (Lipinski definition) is 6. The van der Waals surface area contributed by atoms with Crippen LogP contribution in [0.1, 0.15) is 43.2 Å². The largest absolute Gasteiger partial charge is 0.433 e. The highest BCUT2D eigenvalue weighted by atomic mass is 32.3. The summed E-state index contributed by atoms with van der Waals surface area (Å²) < 4.78 is 60.1. The second kappa shape index (κ2) is 8.35. The molecule has 2 atom stereocenters. The molecule has 0 unspecified atom stereocenters. The zero-order valence-electron chi connectivity index (χ0n) is 18.8. The molecule has 1 aromatic carbocycles. The van der Waals surface area contributed by atoms with E-state index in [1.807, 2.05) is 0 Å². The van der Waals surface area contributed by atoms with Crippen molar-refractivity contribution in [3.05, 3.63) is 53.6 Å². The number of nitrogens with one attached hydrogen (secondary N) is 2. The molecule has 0 bridgehead atoms. The van der Waals surface area contributed by atoms with Gasteiger partial charge in [-0.05, 0) is 67.6 Å². The smallest absolute Gasteiger partial charge is 0.387 e. The Balaban J connectivity index is 1.66. The fraction of sp³-hybridized carbons (Fsp3) is 0.409. The number of aliphatic imine (C=N–C) groups is 1. The van der Waals surface area contributed by atoms with Crippen LogP contribution >= 0.6 is 0 Å². The average molecular weight is 498 g/mol. The Labute approximate surface area is 195 Å². The zero-order chi connectivity index (χ0) is 24.9. The van der Waals surface area contributed by atoms with Gasteiger partial charge in [-0.2, -0.15) is 8.78 Å². The Morgan fingerprint density at radius 2 is 2.03 bits per heavy atom. The monoisotopic (exact) mass is 497 g/mol. The van der Waals surface area contributed by atoms with Crippen LogP contribution in [0.3, 0.4) is 0 Å². The number of aromatic nitrogens is 1. The first-order valence-corrected chi connectivity index (χ1v) is 12.4. The maximum atomic E-state index is 15.1. The SMILES string of the molecule is CC1(C)C(N)=N[C@](C)(c2cc(NC(=O)c3ccc(OC(F)F)cn3)ccc2F)[C@@H]2CCN[SH]21=O. The predicted octanol–water partition coefficient (Wildman–Crippen LogP) is 2.73. The molecule has 12 heteroatoms. The topological polar surface area (TPSA) is 119 Å². The van der Waals surface area contributed by atoms with E-state index in [9.17, 15) is 17.8 Å². The van der Waals surface area contributed by atoms with Crippen LogP contribution in [0.25, 0.3) is 0 Å². The highest BCUT2D eigenvalue weighted by molar-refractivity contribution is 8.04. The van der Waals surface area contributed by atoms with Crippen LogP contribution in [0.5, 0.6) is 5.75 Å². The summed E-state index contributed by atoms with van der Waals surface area (Å²) in [5, 5.41) is 2.14. The molecule has 0 radical (unpaired) electrons. The fourth-order valence-corrected chi connectivity index (χ4v) is 8.27. The number of carbonyl (C=O) groups excluding carboxylic acids is 1. The Kier molecular flexibility index (Phi) is 5.93. The van der Waals surface area contributed by atoms with Crippen molar-refractivity contribution < 1.29 is 26.9 Å². The van der Waals surface area contributed by atoms with Gasteiger partial charge >= 0.3 is 6.61 Å². The molecule has 1 saturated heterocycles. The van der Waals surface area contributed by atoms with Crippen LogP contribution in [0, 0.1) is 5.82 Å². The molecule has 2 aliphatic heterocycles. The minimum absolute atomic E-state index is 0.0510. The number of benzene rings is 1. The van der Waals surface area contributed by atoms with Gasteiger partial charge in [-0.25, -0.2) is 9.37 Å². The van der Waals surface area contributed by atoms with E-state index in [0.717, 1.165) is 6.20 Å². The number of nitrogens with zero attached hydrogens (tertiary/aromatic N) is 2. The summed E-state index contributed by atoms with van der Waals surface area (Å²) in [4.78, 5) is 21.1. The lowest BCUT2D eigenvalue weighted by atomic mass is 9.86. The molecule has 2 aliphatic rings. The molecular weight excluding hydrogens is 471 g/mol. The third-order valence-electron chi connectivity index (χ3n) is 6.63. The summed E-state index contributed by atoms with van der Waals surface area (Å²) in [6.45, 7) is 2.74. The first kappa shape index (κ1) is 24.1. The first-order chi connectivity index (χ1) is 15.9. The Bertz CT molecular complexity index is 1200. The van der Waals surface area contributed by atoms with Crippen LogP contribution < -0.4 is 20.5 Å². The Morgan fingerprint density at radius 3 is 2.68 bits per heavy atom. The van der Waals surface area contributed by atoms with Gasteiger partial charge in [0.1, 0.15) is 28.6 Å². The third-order valence-corrected chi connectivity index (χ3v) is 10.8. The highest BCUT2D eigenvalue weighted by Gasteiger charge is 2.58. The number of nitrogens with two attached hydrogens (primary N) is 1. The Hall–Kier alpha value is -2.99. The van der Waals surface area contributed by atoms with Crippen LogP contribution in [0.2, 0.25) is 0 Å². The van der Waals surface area contributed by atoms with Gasteiger partial charge in [0.05, 0.1) is 16.2 Å². The number of anilines is 1. The van der Waals surface area contributed by atoms with Gasteiger partial charge < -0.3 is 15.8 Å². The van der Waals surface area contributed by atoms with Crippen molar-refractivity contribution in [1.29, 1.82) is 0 Å². The normalized spacial score (nSPS) is 25.9. The number of amides is 1. The van der Waals surface area contributed by atoms with Gasteiger partial charge in [0.25, 0.3) is 5.91 Å². The average Bonchev–Trinajstić information content (AvgIpc) is 3.18. The lowest BCUT2D eigenvalue weighted by molar-refractivity contribution is -0.0500. The number of pyridine rings is 1. The summed E-state index contributed by atoms with van der Waals surface area (Å²) >= 11 is 0. The minimum atomic E-state index is -3.08. The number of carbonyl (C=O) groups is 1. The van der Waals surface area contributed by atoms with Gasteiger partial charge in [-0.15, -0.1) is 0 Å². The van der Waals surface area contributed by atoms with E-state index in [-0.39, 0.29) is 28.5 Å². The van der Waals surface area contributed by atoms with Crippen molar-refractivity contribution in [3.63, 3.8) is 0 Å². The molecule has 8 nitrogen and oxygen atoms in total. The maximum absolute atomic E-state index is 15.1. The molecule has 0 saturated carbocycles. The first-order valence-electron chi connectivity index (χ1n) is 10.6. The van der Waals surface area contributed by atoms with E-state index in [4.69, 9.17) is 5.73 Å². The molecule has 34 heavy (non-hydrogen) atoms. The maximum Gasteiger partial charge on any atom is 0.387 e. The summed E-state index contributed by atoms with van der Waals surface area (Å²) in [6.07, 6.45) is 1.53. The molecule has 2 aromatic rings. The molecule has 1 amide bonds. The summed E-state index contributed by atoms with van der Waals surface area (Å²) in [5.74, 6) is -1.21. The van der Waals surface area contributed by atoms with E-state index in [2.05, 4.69) is 24.8 Å². The second-order valence-corrected chi connectivity index (χ2v) is 12.4. The molecule has 0 spiro atoms. The number of fused-ring (bicyclic) bond motifs is 1. The lowest BCUT2D eigenvalue weighted by Gasteiger charge is -2.50. The van der Waals surface area contributed by atoms with E-state index in [0.29, 0.717) is 13.0 Å². The number of halogens is 3. The fourth-order valence-electron chi connectivity index (χ4n) is 4.63. The van der Waals surface area contributed by atoms with Crippen molar-refractivity contribution in [3.8, 4) is 5.75 Å². The number of ether oxygens (including phenoxy) is 1. The molecular formula is C22H26F3N5O3S. The third kappa shape index (κ3) is 3.84. The molecule has 0 aliphatic carbocycles. The number of hydrogen-bond donors (Lipinski definition) is 4. The van der Waals surface area contributed by atoms with Gasteiger partial charge in [0, 0.05) is 17.8 Å². The summed E-state index contributed by atoms with van der Waals surface area (Å²) in [6, 6.07) is 6.44. The quantitative estimate of drug-likeness (QED) is 0.474. The highest BCUT2D eigenvalue weighted by Crippen LogP contribution is 2.49. The summed E-state index contributed by atoms with van der Waals surface area (Å²) in [7, 11) is -3.08. The van der Waals surface area contributed by atoms with Crippen molar-refractivity contribution in [2.75, 3.05) is 11.9 Å². The van der Waals surface area contributed by atoms with Gasteiger partial charge in [0.15, 0.2) is 0 Å². The van der Waals surface area contributed by atoms with Crippen LogP contribution in [-0.2, 0) is 15.7 Å². The zero-order valence-corrected chi connectivity index (χ0v) is 19.7. The van der Waals surface area contributed by atoms with Crippen molar-refractivity contribution in [2.45, 2.75) is 49.3 Å². The van der Waals surface area contributed by atoms with Crippen molar-refractivity contribution >= 4 is 27.5 Å². The van der Waals surface area contributed by atoms with Crippen molar-refractivity contribution in [2.24, 2.45) is 10.7 Å². The Morgan fingerprint density at radius 1 is 1.29 bits per heavy atom. The number of alkyl halides is 2. The molecule has 184 valence electrons. The molecule has 3 heterocycles. The summed E-state index contributed by atoms with van der Waals surface area (Å²) in [5.41, 5.74) is 5.39. The van der Waals surface area contributed by atoms with E-state index >= 15 is 4.39 Å². The van der Waals surface area contributed by atoms with Crippen molar-refractivity contribution in [1.82, 2.24) is 9.71 Å². The van der Waals surface area contributed by atoms with Crippen LogP contribution in [0.15, 0.2) is 41.5 Å². The molecule has 4 rings (SSSR count).